The Morgan fingerprint density at radius 1 is 1.11 bits per heavy atom. The molecule has 0 radical (unpaired) electrons. The first-order valence-electron chi connectivity index (χ1n) is 7.93. The van der Waals surface area contributed by atoms with Crippen molar-refractivity contribution < 1.29 is 4.74 Å². The van der Waals surface area contributed by atoms with Gasteiger partial charge in [0.1, 0.15) is 0 Å². The van der Waals surface area contributed by atoms with Gasteiger partial charge in [-0.15, -0.1) is 0 Å². The molecule has 2 saturated carbocycles. The fraction of sp³-hybridized carbons (Fsp3) is 1.00. The number of hydrogen-bond acceptors (Lipinski definition) is 3. The lowest BCUT2D eigenvalue weighted by Crippen LogP contribution is -2.55. The summed E-state index contributed by atoms with van der Waals surface area (Å²) in [7, 11) is 0. The third-order valence-electron chi connectivity index (χ3n) is 5.36. The van der Waals surface area contributed by atoms with Gasteiger partial charge in [-0.2, -0.15) is 0 Å². The van der Waals surface area contributed by atoms with Gasteiger partial charge in [0.15, 0.2) is 0 Å². The van der Waals surface area contributed by atoms with Crippen LogP contribution >= 0.6 is 0 Å². The first kappa shape index (κ1) is 12.9. The van der Waals surface area contributed by atoms with Gasteiger partial charge < -0.3 is 10.5 Å². The molecule has 3 fully saturated rings. The number of ether oxygens (including phenoxy) is 1. The molecule has 1 unspecified atom stereocenters. The topological polar surface area (TPSA) is 38.5 Å². The van der Waals surface area contributed by atoms with Crippen molar-refractivity contribution >= 4 is 0 Å². The monoisotopic (exact) mass is 252 g/mol. The van der Waals surface area contributed by atoms with Gasteiger partial charge in [-0.3, -0.25) is 4.90 Å². The Bertz CT molecular complexity index is 274. The quantitative estimate of drug-likeness (QED) is 0.816. The molecule has 0 bridgehead atoms. The molecule has 0 amide bonds. The number of nitrogens with two attached hydrogens (primary N) is 1. The molecule has 1 heterocycles. The first-order chi connectivity index (χ1) is 8.83. The molecule has 3 aliphatic rings. The van der Waals surface area contributed by atoms with Crippen LogP contribution in [0.3, 0.4) is 0 Å². The average Bonchev–Trinajstić information content (AvgIpc) is 2.30. The molecular weight excluding hydrogens is 224 g/mol. The van der Waals surface area contributed by atoms with E-state index in [4.69, 9.17) is 10.5 Å². The Kier molecular flexibility index (Phi) is 3.92. The van der Waals surface area contributed by atoms with Crippen molar-refractivity contribution in [3.05, 3.63) is 0 Å². The molecule has 1 saturated heterocycles. The molecule has 0 aromatic carbocycles. The molecule has 1 spiro atoms. The largest absolute Gasteiger partial charge is 0.375 e. The molecule has 0 aromatic heterocycles. The Balaban J connectivity index is 1.61. The summed E-state index contributed by atoms with van der Waals surface area (Å²) in [6.45, 7) is 3.02. The lowest BCUT2D eigenvalue weighted by molar-refractivity contribution is -0.154. The van der Waals surface area contributed by atoms with E-state index >= 15 is 0 Å². The van der Waals surface area contributed by atoms with E-state index in [2.05, 4.69) is 4.90 Å². The average molecular weight is 252 g/mol. The maximum Gasteiger partial charge on any atom is 0.0697 e. The summed E-state index contributed by atoms with van der Waals surface area (Å²) >= 11 is 0. The van der Waals surface area contributed by atoms with E-state index in [9.17, 15) is 0 Å². The lowest BCUT2D eigenvalue weighted by atomic mass is 9.73. The Morgan fingerprint density at radius 3 is 2.50 bits per heavy atom. The molecule has 2 N–H and O–H groups in total. The summed E-state index contributed by atoms with van der Waals surface area (Å²) in [5.41, 5.74) is 5.99. The molecule has 1 aliphatic heterocycles. The van der Waals surface area contributed by atoms with Crippen LogP contribution in [0.4, 0.5) is 0 Å². The summed E-state index contributed by atoms with van der Waals surface area (Å²) in [6.07, 6.45) is 11.9. The minimum absolute atomic E-state index is 0.285. The Hall–Kier alpha value is -0.120. The number of hydrogen-bond donors (Lipinski definition) is 1. The van der Waals surface area contributed by atoms with Crippen molar-refractivity contribution in [3.8, 4) is 0 Å². The van der Waals surface area contributed by atoms with Crippen LogP contribution < -0.4 is 5.73 Å². The summed E-state index contributed by atoms with van der Waals surface area (Å²) < 4.78 is 6.07. The van der Waals surface area contributed by atoms with Crippen LogP contribution in [0, 0.1) is 0 Å². The zero-order valence-electron chi connectivity index (χ0n) is 11.6. The molecule has 3 nitrogen and oxygen atoms in total. The molecule has 3 heteroatoms. The van der Waals surface area contributed by atoms with E-state index in [1.165, 1.54) is 57.9 Å². The van der Waals surface area contributed by atoms with Crippen LogP contribution in [-0.2, 0) is 4.74 Å². The number of nitrogens with zero attached hydrogens (tertiary/aromatic N) is 1. The lowest BCUT2D eigenvalue weighted by Gasteiger charge is -2.52. The van der Waals surface area contributed by atoms with Crippen LogP contribution in [0.5, 0.6) is 0 Å². The van der Waals surface area contributed by atoms with Crippen molar-refractivity contribution in [1.29, 1.82) is 0 Å². The SMILES string of the molecule is NCCCN(C1CCC1)C1CCOC2(CCC2)C1. The minimum Gasteiger partial charge on any atom is -0.375 e. The maximum absolute atomic E-state index is 6.07. The highest BCUT2D eigenvalue weighted by atomic mass is 16.5. The van der Waals surface area contributed by atoms with Crippen LogP contribution in [0.15, 0.2) is 0 Å². The molecule has 2 aliphatic carbocycles. The van der Waals surface area contributed by atoms with Gasteiger partial charge in [0.2, 0.25) is 0 Å². The van der Waals surface area contributed by atoms with E-state index in [0.717, 1.165) is 31.7 Å². The van der Waals surface area contributed by atoms with Crippen molar-refractivity contribution in [2.75, 3.05) is 19.7 Å². The fourth-order valence-electron chi connectivity index (χ4n) is 3.86. The molecule has 0 aromatic rings. The van der Waals surface area contributed by atoms with Gasteiger partial charge in [-0.05, 0) is 64.5 Å². The fourth-order valence-corrected chi connectivity index (χ4v) is 3.86. The molecule has 18 heavy (non-hydrogen) atoms. The smallest absolute Gasteiger partial charge is 0.0697 e. The Labute approximate surface area is 111 Å². The maximum atomic E-state index is 6.07. The van der Waals surface area contributed by atoms with E-state index in [-0.39, 0.29) is 5.60 Å². The van der Waals surface area contributed by atoms with Crippen molar-refractivity contribution in [2.24, 2.45) is 5.73 Å². The molecule has 104 valence electrons. The second-order valence-corrected chi connectivity index (χ2v) is 6.50. The van der Waals surface area contributed by atoms with Crippen LogP contribution in [0.2, 0.25) is 0 Å². The zero-order chi connectivity index (χ0) is 12.4. The van der Waals surface area contributed by atoms with Crippen molar-refractivity contribution in [1.82, 2.24) is 4.90 Å². The summed E-state index contributed by atoms with van der Waals surface area (Å²) in [6, 6.07) is 1.63. The number of rotatable bonds is 5. The predicted molar refractivity (Wildman–Crippen MR) is 73.6 cm³/mol. The first-order valence-corrected chi connectivity index (χ1v) is 7.93. The van der Waals surface area contributed by atoms with Crippen LogP contribution in [0.1, 0.15) is 57.8 Å². The van der Waals surface area contributed by atoms with Gasteiger partial charge in [0, 0.05) is 18.7 Å². The van der Waals surface area contributed by atoms with Gasteiger partial charge >= 0.3 is 0 Å². The van der Waals surface area contributed by atoms with E-state index in [0.29, 0.717) is 0 Å². The second kappa shape index (κ2) is 5.48. The zero-order valence-corrected chi connectivity index (χ0v) is 11.6. The van der Waals surface area contributed by atoms with Crippen LogP contribution in [-0.4, -0.2) is 42.3 Å². The standard InChI is InChI=1S/C15H28N2O/c16-9-3-10-17(13-4-1-5-13)14-6-11-18-15(12-14)7-2-8-15/h13-14H,1-12,16H2. The highest BCUT2D eigenvalue weighted by Crippen LogP contribution is 2.44. The van der Waals surface area contributed by atoms with Crippen LogP contribution in [0.25, 0.3) is 0 Å². The van der Waals surface area contributed by atoms with Crippen molar-refractivity contribution in [2.45, 2.75) is 75.5 Å². The van der Waals surface area contributed by atoms with Gasteiger partial charge in [-0.25, -0.2) is 0 Å². The van der Waals surface area contributed by atoms with Gasteiger partial charge in [-0.1, -0.05) is 6.42 Å². The summed E-state index contributed by atoms with van der Waals surface area (Å²) in [5, 5.41) is 0. The summed E-state index contributed by atoms with van der Waals surface area (Å²) in [4.78, 5) is 2.79. The molecule has 1 atom stereocenters. The van der Waals surface area contributed by atoms with Crippen molar-refractivity contribution in [3.63, 3.8) is 0 Å². The van der Waals surface area contributed by atoms with Gasteiger partial charge in [0.05, 0.1) is 5.60 Å². The highest BCUT2D eigenvalue weighted by molar-refractivity contribution is 4.98. The van der Waals surface area contributed by atoms with E-state index < -0.39 is 0 Å². The normalized spacial score (nSPS) is 31.3. The third-order valence-corrected chi connectivity index (χ3v) is 5.36. The van der Waals surface area contributed by atoms with E-state index in [1.54, 1.807) is 0 Å². The highest BCUT2D eigenvalue weighted by Gasteiger charge is 2.45. The third kappa shape index (κ3) is 2.45. The summed E-state index contributed by atoms with van der Waals surface area (Å²) in [5.74, 6) is 0. The predicted octanol–water partition coefficient (Wildman–Crippen LogP) is 2.29. The molecule has 3 rings (SSSR count). The Morgan fingerprint density at radius 2 is 1.94 bits per heavy atom. The second-order valence-electron chi connectivity index (χ2n) is 6.50. The van der Waals surface area contributed by atoms with Gasteiger partial charge in [0.25, 0.3) is 0 Å². The minimum atomic E-state index is 0.285. The van der Waals surface area contributed by atoms with E-state index in [1.807, 2.05) is 0 Å². The molecular formula is C15H28N2O.